The highest BCUT2D eigenvalue weighted by molar-refractivity contribution is 7.99. The van der Waals surface area contributed by atoms with Gasteiger partial charge in [-0.05, 0) is 23.8 Å². The molecule has 20 heavy (non-hydrogen) atoms. The fourth-order valence-electron chi connectivity index (χ4n) is 1.71. The molecule has 2 N–H and O–H groups in total. The lowest BCUT2D eigenvalue weighted by atomic mass is 10.1. The minimum Gasteiger partial charge on any atom is -0.478 e. The number of thioether (sulfide) groups is 1. The van der Waals surface area contributed by atoms with Crippen LogP contribution in [0.15, 0.2) is 53.4 Å². The van der Waals surface area contributed by atoms with Crippen LogP contribution in [0.2, 0.25) is 5.02 Å². The number of benzene rings is 2. The predicted molar refractivity (Wildman–Crippen MR) is 80.5 cm³/mol. The Hall–Kier alpha value is -1.49. The Morgan fingerprint density at radius 2 is 1.90 bits per heavy atom. The molecule has 104 valence electrons. The summed E-state index contributed by atoms with van der Waals surface area (Å²) < 4.78 is 0. The second-order valence-corrected chi connectivity index (χ2v) is 5.68. The third kappa shape index (κ3) is 3.76. The lowest BCUT2D eigenvalue weighted by Crippen LogP contribution is -2.00. The number of carboxylic acids is 1. The van der Waals surface area contributed by atoms with E-state index in [1.807, 2.05) is 30.3 Å². The monoisotopic (exact) mass is 308 g/mol. The van der Waals surface area contributed by atoms with Gasteiger partial charge in [0.2, 0.25) is 0 Å². The zero-order valence-corrected chi connectivity index (χ0v) is 12.1. The van der Waals surface area contributed by atoms with Crippen molar-refractivity contribution in [1.82, 2.24) is 0 Å². The lowest BCUT2D eigenvalue weighted by molar-refractivity contribution is 0.0697. The van der Waals surface area contributed by atoms with Crippen molar-refractivity contribution in [3.8, 4) is 0 Å². The zero-order valence-electron chi connectivity index (χ0n) is 10.5. The normalized spacial score (nSPS) is 12.1. The molecule has 3 nitrogen and oxygen atoms in total. The number of aromatic carboxylic acids is 1. The number of hydrogen-bond acceptors (Lipinski definition) is 3. The zero-order chi connectivity index (χ0) is 14.5. The van der Waals surface area contributed by atoms with Crippen LogP contribution in [0.4, 0.5) is 0 Å². The number of rotatable bonds is 5. The van der Waals surface area contributed by atoms with Gasteiger partial charge in [0.1, 0.15) is 0 Å². The van der Waals surface area contributed by atoms with E-state index >= 15 is 0 Å². The number of carboxylic acid groups (broad SMARTS) is 1. The first-order valence-corrected chi connectivity index (χ1v) is 7.33. The van der Waals surface area contributed by atoms with Gasteiger partial charge in [0.25, 0.3) is 0 Å². The molecule has 1 unspecified atom stereocenters. The first kappa shape index (κ1) is 14.9. The third-order valence-electron chi connectivity index (χ3n) is 2.76. The molecule has 0 bridgehead atoms. The van der Waals surface area contributed by atoms with Gasteiger partial charge in [-0.15, -0.1) is 11.8 Å². The molecule has 0 radical (unpaired) electrons. The Kier molecular flexibility index (Phi) is 5.06. The summed E-state index contributed by atoms with van der Waals surface area (Å²) in [6, 6.07) is 14.2. The fraction of sp³-hybridized carbons (Fsp3) is 0.133. The Bertz CT molecular complexity index is 601. The average Bonchev–Trinajstić information content (AvgIpc) is 2.45. The number of halogens is 1. The Balaban J connectivity index is 2.01. The Morgan fingerprint density at radius 1 is 1.20 bits per heavy atom. The van der Waals surface area contributed by atoms with Crippen molar-refractivity contribution >= 4 is 29.3 Å². The van der Waals surface area contributed by atoms with Gasteiger partial charge >= 0.3 is 5.97 Å². The minimum atomic E-state index is -1.05. The standard InChI is InChI=1S/C15H13ClO3S/c16-13-8-11(6-7-12(13)15(18)19)20-9-14(17)10-4-2-1-3-5-10/h1-8,14,17H,9H2,(H,18,19). The van der Waals surface area contributed by atoms with E-state index in [0.29, 0.717) is 5.75 Å². The maximum atomic E-state index is 10.9. The Labute approximate surface area is 126 Å². The van der Waals surface area contributed by atoms with E-state index in [1.54, 1.807) is 12.1 Å². The first-order valence-electron chi connectivity index (χ1n) is 5.96. The van der Waals surface area contributed by atoms with Gasteiger partial charge in [-0.25, -0.2) is 4.79 Å². The molecule has 0 heterocycles. The molecule has 0 aliphatic carbocycles. The van der Waals surface area contributed by atoms with Crippen molar-refractivity contribution in [3.05, 3.63) is 64.7 Å². The summed E-state index contributed by atoms with van der Waals surface area (Å²) in [4.78, 5) is 11.7. The summed E-state index contributed by atoms with van der Waals surface area (Å²) in [7, 11) is 0. The van der Waals surface area contributed by atoms with Gasteiger partial charge in [0, 0.05) is 10.6 Å². The van der Waals surface area contributed by atoms with Crippen LogP contribution in [0.3, 0.4) is 0 Å². The molecule has 0 saturated heterocycles. The highest BCUT2D eigenvalue weighted by atomic mass is 35.5. The van der Waals surface area contributed by atoms with E-state index in [0.717, 1.165) is 10.5 Å². The topological polar surface area (TPSA) is 57.5 Å². The molecule has 0 aromatic heterocycles. The molecular formula is C15H13ClO3S. The first-order chi connectivity index (χ1) is 9.58. The van der Waals surface area contributed by atoms with Crippen molar-refractivity contribution in [3.63, 3.8) is 0 Å². The SMILES string of the molecule is O=C(O)c1ccc(SCC(O)c2ccccc2)cc1Cl. The van der Waals surface area contributed by atoms with Gasteiger partial charge in [0.05, 0.1) is 16.7 Å². The van der Waals surface area contributed by atoms with Crippen LogP contribution in [0.5, 0.6) is 0 Å². The lowest BCUT2D eigenvalue weighted by Gasteiger charge is -2.11. The van der Waals surface area contributed by atoms with Crippen molar-refractivity contribution in [2.75, 3.05) is 5.75 Å². The number of aliphatic hydroxyl groups excluding tert-OH is 1. The van der Waals surface area contributed by atoms with Crippen LogP contribution in [0.25, 0.3) is 0 Å². The molecule has 0 aliphatic rings. The summed E-state index contributed by atoms with van der Waals surface area (Å²) in [5.74, 6) is -0.567. The second-order valence-electron chi connectivity index (χ2n) is 4.18. The summed E-state index contributed by atoms with van der Waals surface area (Å²) in [6.07, 6.45) is -0.570. The maximum Gasteiger partial charge on any atom is 0.337 e. The van der Waals surface area contributed by atoms with Gasteiger partial charge < -0.3 is 10.2 Å². The van der Waals surface area contributed by atoms with E-state index in [9.17, 15) is 9.90 Å². The molecule has 2 aromatic rings. The molecule has 5 heteroatoms. The van der Waals surface area contributed by atoms with Gasteiger partial charge in [0.15, 0.2) is 0 Å². The number of hydrogen-bond donors (Lipinski definition) is 2. The molecule has 0 aliphatic heterocycles. The second kappa shape index (κ2) is 6.79. The van der Waals surface area contributed by atoms with Crippen LogP contribution in [0.1, 0.15) is 22.0 Å². The van der Waals surface area contributed by atoms with Crippen LogP contribution in [-0.4, -0.2) is 21.9 Å². The maximum absolute atomic E-state index is 10.9. The smallest absolute Gasteiger partial charge is 0.337 e. The predicted octanol–water partition coefficient (Wildman–Crippen LogP) is 3.86. The van der Waals surface area contributed by atoms with E-state index < -0.39 is 12.1 Å². The molecule has 2 rings (SSSR count). The van der Waals surface area contributed by atoms with Gasteiger partial charge in [-0.1, -0.05) is 41.9 Å². The van der Waals surface area contributed by atoms with Crippen LogP contribution >= 0.6 is 23.4 Å². The van der Waals surface area contributed by atoms with E-state index in [4.69, 9.17) is 16.7 Å². The summed E-state index contributed by atoms with van der Waals surface area (Å²) >= 11 is 7.33. The van der Waals surface area contributed by atoms with Gasteiger partial charge in [-0.2, -0.15) is 0 Å². The van der Waals surface area contributed by atoms with Gasteiger partial charge in [-0.3, -0.25) is 0 Å². The van der Waals surface area contributed by atoms with E-state index in [2.05, 4.69) is 0 Å². The summed E-state index contributed by atoms with van der Waals surface area (Å²) in [6.45, 7) is 0. The average molecular weight is 309 g/mol. The van der Waals surface area contributed by atoms with Crippen LogP contribution in [-0.2, 0) is 0 Å². The molecule has 0 fully saturated rings. The highest BCUT2D eigenvalue weighted by Gasteiger charge is 2.11. The fourth-order valence-corrected chi connectivity index (χ4v) is 2.94. The molecule has 0 amide bonds. The molecule has 2 aromatic carbocycles. The Morgan fingerprint density at radius 3 is 2.50 bits per heavy atom. The quantitative estimate of drug-likeness (QED) is 0.823. The van der Waals surface area contributed by atoms with Crippen molar-refractivity contribution < 1.29 is 15.0 Å². The minimum absolute atomic E-state index is 0.0830. The summed E-state index contributed by atoms with van der Waals surface area (Å²) in [5.41, 5.74) is 0.938. The van der Waals surface area contributed by atoms with Crippen molar-refractivity contribution in [2.45, 2.75) is 11.0 Å². The third-order valence-corrected chi connectivity index (χ3v) is 4.15. The molecule has 1 atom stereocenters. The number of carbonyl (C=O) groups is 1. The molecule has 0 saturated carbocycles. The van der Waals surface area contributed by atoms with Crippen molar-refractivity contribution in [2.24, 2.45) is 0 Å². The highest BCUT2D eigenvalue weighted by Crippen LogP contribution is 2.28. The number of aliphatic hydroxyl groups is 1. The van der Waals surface area contributed by atoms with Crippen molar-refractivity contribution in [1.29, 1.82) is 0 Å². The summed E-state index contributed by atoms with van der Waals surface area (Å²) in [5, 5.41) is 19.1. The molecular weight excluding hydrogens is 296 g/mol. The van der Waals surface area contributed by atoms with E-state index in [-0.39, 0.29) is 10.6 Å². The van der Waals surface area contributed by atoms with Crippen LogP contribution < -0.4 is 0 Å². The van der Waals surface area contributed by atoms with E-state index in [1.165, 1.54) is 17.8 Å². The van der Waals surface area contributed by atoms with Crippen LogP contribution in [0, 0.1) is 0 Å². The largest absolute Gasteiger partial charge is 0.478 e. The molecule has 0 spiro atoms.